The second-order valence-electron chi connectivity index (χ2n) is 3.79. The fourth-order valence-electron chi connectivity index (χ4n) is 1.62. The molecule has 0 bridgehead atoms. The molecule has 0 unspecified atom stereocenters. The van der Waals surface area contributed by atoms with Gasteiger partial charge in [0.05, 0.1) is 18.5 Å². The minimum Gasteiger partial charge on any atom is -0.306 e. The maximum absolute atomic E-state index is 12.6. The Morgan fingerprint density at radius 1 is 1.16 bits per heavy atom. The summed E-state index contributed by atoms with van der Waals surface area (Å²) in [6, 6.07) is 9.84. The van der Waals surface area contributed by atoms with Crippen molar-refractivity contribution in [2.24, 2.45) is 0 Å². The SMILES string of the molecule is C/C=C(\C=C\c1ccccc1)P(=O)(OCC)OCC. The predicted octanol–water partition coefficient (Wildman–Crippen LogP) is 4.87. The first-order valence-corrected chi connectivity index (χ1v) is 7.99. The van der Waals surface area contributed by atoms with Crippen molar-refractivity contribution < 1.29 is 13.6 Å². The topological polar surface area (TPSA) is 35.5 Å². The molecule has 1 rings (SSSR count). The molecule has 0 aliphatic carbocycles. The molecule has 0 saturated heterocycles. The van der Waals surface area contributed by atoms with E-state index in [1.807, 2.05) is 43.3 Å². The maximum Gasteiger partial charge on any atom is 0.360 e. The van der Waals surface area contributed by atoms with Gasteiger partial charge >= 0.3 is 7.60 Å². The first-order valence-electron chi connectivity index (χ1n) is 6.45. The van der Waals surface area contributed by atoms with Gasteiger partial charge in [-0.2, -0.15) is 0 Å². The van der Waals surface area contributed by atoms with Gasteiger partial charge in [0.2, 0.25) is 0 Å². The van der Waals surface area contributed by atoms with Crippen LogP contribution in [0, 0.1) is 0 Å². The fourth-order valence-corrected chi connectivity index (χ4v) is 3.24. The molecule has 19 heavy (non-hydrogen) atoms. The van der Waals surface area contributed by atoms with Crippen LogP contribution in [0.1, 0.15) is 26.3 Å². The number of hydrogen-bond donors (Lipinski definition) is 0. The van der Waals surface area contributed by atoms with Crippen molar-refractivity contribution >= 4 is 13.7 Å². The van der Waals surface area contributed by atoms with E-state index in [-0.39, 0.29) is 0 Å². The van der Waals surface area contributed by atoms with Crippen LogP contribution in [-0.4, -0.2) is 13.2 Å². The molecule has 4 heteroatoms. The van der Waals surface area contributed by atoms with Gasteiger partial charge in [0.15, 0.2) is 0 Å². The maximum atomic E-state index is 12.6. The van der Waals surface area contributed by atoms with Crippen LogP contribution in [0.3, 0.4) is 0 Å². The lowest BCUT2D eigenvalue weighted by Gasteiger charge is -2.17. The van der Waals surface area contributed by atoms with Crippen LogP contribution in [0.2, 0.25) is 0 Å². The summed E-state index contributed by atoms with van der Waals surface area (Å²) in [6.07, 6.45) is 5.47. The van der Waals surface area contributed by atoms with Gasteiger partial charge in [0.1, 0.15) is 0 Å². The summed E-state index contributed by atoms with van der Waals surface area (Å²) in [5, 5.41) is 0.583. The van der Waals surface area contributed by atoms with E-state index >= 15 is 0 Å². The Bertz CT molecular complexity index is 467. The molecule has 1 aromatic rings. The molecule has 3 nitrogen and oxygen atoms in total. The van der Waals surface area contributed by atoms with Gasteiger partial charge in [0.25, 0.3) is 0 Å². The Kier molecular flexibility index (Phi) is 6.79. The van der Waals surface area contributed by atoms with Crippen molar-refractivity contribution in [2.45, 2.75) is 20.8 Å². The smallest absolute Gasteiger partial charge is 0.306 e. The zero-order valence-electron chi connectivity index (χ0n) is 11.7. The molecule has 0 saturated carbocycles. The standard InChI is InChI=1S/C15H21O3P/c1-4-15(19(16,17-5-2)18-6-3)13-12-14-10-8-7-9-11-14/h4,7-13H,5-6H2,1-3H3/b13-12+,15-4+. The summed E-state index contributed by atoms with van der Waals surface area (Å²) in [5.41, 5.74) is 1.04. The minimum absolute atomic E-state index is 0.355. The average molecular weight is 280 g/mol. The Morgan fingerprint density at radius 2 is 1.74 bits per heavy atom. The summed E-state index contributed by atoms with van der Waals surface area (Å²) in [7, 11) is -3.19. The zero-order valence-corrected chi connectivity index (χ0v) is 12.6. The van der Waals surface area contributed by atoms with Gasteiger partial charge in [-0.25, -0.2) is 0 Å². The number of allylic oxidation sites excluding steroid dienone is 3. The molecular weight excluding hydrogens is 259 g/mol. The van der Waals surface area contributed by atoms with Crippen LogP contribution >= 0.6 is 7.60 Å². The highest BCUT2D eigenvalue weighted by atomic mass is 31.2. The van der Waals surface area contributed by atoms with Crippen molar-refractivity contribution in [3.05, 3.63) is 53.4 Å². The predicted molar refractivity (Wildman–Crippen MR) is 80.1 cm³/mol. The molecule has 1 aromatic carbocycles. The van der Waals surface area contributed by atoms with E-state index < -0.39 is 7.60 Å². The van der Waals surface area contributed by atoms with Gasteiger partial charge < -0.3 is 9.05 Å². The largest absolute Gasteiger partial charge is 0.360 e. The van der Waals surface area contributed by atoms with Crippen LogP contribution in [0.4, 0.5) is 0 Å². The molecule has 0 atom stereocenters. The number of hydrogen-bond acceptors (Lipinski definition) is 3. The quantitative estimate of drug-likeness (QED) is 0.528. The second-order valence-corrected chi connectivity index (χ2v) is 5.82. The Hall–Kier alpha value is -1.15. The van der Waals surface area contributed by atoms with Gasteiger partial charge in [-0.3, -0.25) is 4.57 Å². The normalized spacial score (nSPS) is 13.1. The molecule has 0 fully saturated rings. The summed E-state index contributed by atoms with van der Waals surface area (Å²) < 4.78 is 23.3. The first-order chi connectivity index (χ1) is 9.16. The Balaban J connectivity index is 2.94. The highest BCUT2D eigenvalue weighted by molar-refractivity contribution is 7.58. The fraction of sp³-hybridized carbons (Fsp3) is 0.333. The number of benzene rings is 1. The van der Waals surface area contributed by atoms with Crippen LogP contribution in [-0.2, 0) is 13.6 Å². The zero-order chi connectivity index (χ0) is 14.1. The minimum atomic E-state index is -3.19. The monoisotopic (exact) mass is 280 g/mol. The van der Waals surface area contributed by atoms with Crippen molar-refractivity contribution in [3.8, 4) is 0 Å². The molecule has 0 N–H and O–H groups in total. The molecule has 0 amide bonds. The number of rotatable bonds is 7. The lowest BCUT2D eigenvalue weighted by atomic mass is 10.2. The third kappa shape index (κ3) is 4.79. The van der Waals surface area contributed by atoms with E-state index in [1.165, 1.54) is 0 Å². The summed E-state index contributed by atoms with van der Waals surface area (Å²) in [5.74, 6) is 0. The van der Waals surface area contributed by atoms with Gasteiger partial charge in [0, 0.05) is 0 Å². The van der Waals surface area contributed by atoms with E-state index in [1.54, 1.807) is 26.0 Å². The van der Waals surface area contributed by atoms with E-state index in [9.17, 15) is 4.57 Å². The first kappa shape index (κ1) is 15.9. The van der Waals surface area contributed by atoms with Gasteiger partial charge in [-0.1, -0.05) is 42.5 Å². The summed E-state index contributed by atoms with van der Waals surface area (Å²) in [4.78, 5) is 0. The molecule has 0 spiro atoms. The highest BCUT2D eigenvalue weighted by Gasteiger charge is 2.26. The van der Waals surface area contributed by atoms with Crippen LogP contribution < -0.4 is 0 Å². The van der Waals surface area contributed by atoms with E-state index in [0.29, 0.717) is 18.5 Å². The third-order valence-corrected chi connectivity index (χ3v) is 4.69. The van der Waals surface area contributed by atoms with Crippen molar-refractivity contribution in [2.75, 3.05) is 13.2 Å². The second kappa shape index (κ2) is 8.11. The van der Waals surface area contributed by atoms with E-state index in [4.69, 9.17) is 9.05 Å². The Morgan fingerprint density at radius 3 is 2.21 bits per heavy atom. The summed E-state index contributed by atoms with van der Waals surface area (Å²) >= 11 is 0. The molecular formula is C15H21O3P. The highest BCUT2D eigenvalue weighted by Crippen LogP contribution is 2.56. The molecule has 0 aromatic heterocycles. The van der Waals surface area contributed by atoms with Crippen LogP contribution in [0.15, 0.2) is 47.8 Å². The molecule has 104 valence electrons. The average Bonchev–Trinajstić information content (AvgIpc) is 2.41. The summed E-state index contributed by atoms with van der Waals surface area (Å²) in [6.45, 7) is 6.15. The molecule has 0 radical (unpaired) electrons. The molecule has 0 aliphatic heterocycles. The van der Waals surface area contributed by atoms with Crippen molar-refractivity contribution in [1.29, 1.82) is 0 Å². The van der Waals surface area contributed by atoms with Crippen molar-refractivity contribution in [3.63, 3.8) is 0 Å². The lowest BCUT2D eigenvalue weighted by Crippen LogP contribution is -1.97. The van der Waals surface area contributed by atoms with Gasteiger partial charge in [-0.15, -0.1) is 0 Å². The molecule has 0 aliphatic rings. The lowest BCUT2D eigenvalue weighted by molar-refractivity contribution is 0.227. The van der Waals surface area contributed by atoms with Crippen LogP contribution in [0.25, 0.3) is 6.08 Å². The Labute approximate surface area is 115 Å². The third-order valence-electron chi connectivity index (χ3n) is 2.46. The van der Waals surface area contributed by atoms with Gasteiger partial charge in [-0.05, 0) is 32.4 Å². The van der Waals surface area contributed by atoms with E-state index in [0.717, 1.165) is 5.56 Å². The van der Waals surface area contributed by atoms with Crippen molar-refractivity contribution in [1.82, 2.24) is 0 Å². The van der Waals surface area contributed by atoms with E-state index in [2.05, 4.69) is 0 Å². The molecule has 0 heterocycles. The van der Waals surface area contributed by atoms with Crippen LogP contribution in [0.5, 0.6) is 0 Å².